The fourth-order valence-electron chi connectivity index (χ4n) is 1.32. The Morgan fingerprint density at radius 2 is 2.33 bits per heavy atom. The number of rotatable bonds is 4. The first kappa shape index (κ1) is 12.0. The Labute approximate surface area is 101 Å². The lowest BCUT2D eigenvalue weighted by atomic mass is 10.2. The van der Waals surface area contributed by atoms with E-state index in [1.807, 2.05) is 0 Å². The number of ether oxygens (including phenoxy) is 1. The summed E-state index contributed by atoms with van der Waals surface area (Å²) in [5.41, 5.74) is -0.251. The second-order valence-corrected chi connectivity index (χ2v) is 3.43. The lowest BCUT2D eigenvalue weighted by Crippen LogP contribution is -2.05. The number of tetrazole rings is 1. The summed E-state index contributed by atoms with van der Waals surface area (Å²) in [6.45, 7) is -0.0419. The second-order valence-electron chi connectivity index (χ2n) is 3.43. The molecule has 0 spiro atoms. The molecule has 1 aromatic heterocycles. The molecule has 8 heteroatoms. The predicted octanol–water partition coefficient (Wildman–Crippen LogP) is 0.626. The molecule has 18 heavy (non-hydrogen) atoms. The number of carboxylic acid groups (broad SMARTS) is 1. The number of halogens is 1. The van der Waals surface area contributed by atoms with Gasteiger partial charge in [0.05, 0.1) is 7.05 Å². The first-order valence-electron chi connectivity index (χ1n) is 4.95. The van der Waals surface area contributed by atoms with E-state index in [0.717, 1.165) is 12.1 Å². The van der Waals surface area contributed by atoms with Crippen LogP contribution in [0.3, 0.4) is 0 Å². The highest BCUT2D eigenvalue weighted by atomic mass is 19.1. The minimum absolute atomic E-state index is 0.0419. The van der Waals surface area contributed by atoms with Crippen molar-refractivity contribution in [3.63, 3.8) is 0 Å². The Kier molecular flexibility index (Phi) is 3.18. The lowest BCUT2D eigenvalue weighted by molar-refractivity contribution is 0.0691. The van der Waals surface area contributed by atoms with Crippen LogP contribution in [0.15, 0.2) is 18.2 Å². The van der Waals surface area contributed by atoms with Gasteiger partial charge in [0.25, 0.3) is 0 Å². The number of aryl methyl sites for hydroxylation is 1. The number of hydrogen-bond acceptors (Lipinski definition) is 5. The van der Waals surface area contributed by atoms with Crippen LogP contribution in [0, 0.1) is 5.82 Å². The third-order valence-corrected chi connectivity index (χ3v) is 2.08. The zero-order valence-electron chi connectivity index (χ0n) is 9.37. The highest BCUT2D eigenvalue weighted by molar-refractivity contribution is 5.90. The van der Waals surface area contributed by atoms with Crippen LogP contribution >= 0.6 is 0 Å². The topological polar surface area (TPSA) is 90.1 Å². The summed E-state index contributed by atoms with van der Waals surface area (Å²) in [5, 5.41) is 20.0. The highest BCUT2D eigenvalue weighted by Gasteiger charge is 2.13. The van der Waals surface area contributed by atoms with Gasteiger partial charge in [-0.15, -0.1) is 10.2 Å². The third kappa shape index (κ3) is 2.59. The predicted molar refractivity (Wildman–Crippen MR) is 56.5 cm³/mol. The van der Waals surface area contributed by atoms with Gasteiger partial charge in [-0.3, -0.25) is 0 Å². The molecular weight excluding hydrogens is 243 g/mol. The first-order valence-corrected chi connectivity index (χ1v) is 4.95. The Morgan fingerprint density at radius 3 is 2.94 bits per heavy atom. The van der Waals surface area contributed by atoms with Gasteiger partial charge in [0.15, 0.2) is 6.61 Å². The van der Waals surface area contributed by atoms with Crippen molar-refractivity contribution in [2.45, 2.75) is 6.61 Å². The van der Waals surface area contributed by atoms with Crippen LogP contribution in [0.5, 0.6) is 5.75 Å². The molecule has 0 unspecified atom stereocenters. The molecule has 7 nitrogen and oxygen atoms in total. The van der Waals surface area contributed by atoms with Crippen molar-refractivity contribution >= 4 is 5.97 Å². The molecule has 0 fully saturated rings. The number of aromatic nitrogens is 4. The highest BCUT2D eigenvalue weighted by Crippen LogP contribution is 2.20. The zero-order valence-corrected chi connectivity index (χ0v) is 9.37. The van der Waals surface area contributed by atoms with Gasteiger partial charge in [-0.25, -0.2) is 9.18 Å². The summed E-state index contributed by atoms with van der Waals surface area (Å²) in [5.74, 6) is -1.55. The molecule has 1 N–H and O–H groups in total. The van der Waals surface area contributed by atoms with E-state index in [9.17, 15) is 9.18 Å². The largest absolute Gasteiger partial charge is 0.485 e. The van der Waals surface area contributed by atoms with Crippen LogP contribution in [0.2, 0.25) is 0 Å². The van der Waals surface area contributed by atoms with Gasteiger partial charge in [-0.05, 0) is 23.4 Å². The van der Waals surface area contributed by atoms with Crippen LogP contribution in [0.4, 0.5) is 4.39 Å². The number of hydrogen-bond donors (Lipinski definition) is 1. The number of carboxylic acids is 1. The van der Waals surface area contributed by atoms with Gasteiger partial charge in [0.1, 0.15) is 17.1 Å². The number of nitrogens with zero attached hydrogens (tertiary/aromatic N) is 4. The molecule has 1 aromatic carbocycles. The fourth-order valence-corrected chi connectivity index (χ4v) is 1.32. The maximum absolute atomic E-state index is 12.9. The van der Waals surface area contributed by atoms with Gasteiger partial charge in [0, 0.05) is 0 Å². The van der Waals surface area contributed by atoms with E-state index in [0.29, 0.717) is 5.82 Å². The van der Waals surface area contributed by atoms with Crippen LogP contribution in [0.25, 0.3) is 0 Å². The van der Waals surface area contributed by atoms with Crippen molar-refractivity contribution in [1.29, 1.82) is 0 Å². The van der Waals surface area contributed by atoms with Crippen LogP contribution < -0.4 is 4.74 Å². The van der Waals surface area contributed by atoms with Crippen molar-refractivity contribution in [3.8, 4) is 5.75 Å². The average molecular weight is 252 g/mol. The maximum atomic E-state index is 12.9. The summed E-state index contributed by atoms with van der Waals surface area (Å²) < 4.78 is 18.1. The Hall–Kier alpha value is -2.51. The molecule has 0 radical (unpaired) electrons. The van der Waals surface area contributed by atoms with E-state index in [4.69, 9.17) is 9.84 Å². The molecule has 0 amide bonds. The summed E-state index contributed by atoms with van der Waals surface area (Å²) in [6, 6.07) is 3.25. The fraction of sp³-hybridized carbons (Fsp3) is 0.200. The molecule has 0 aliphatic carbocycles. The van der Waals surface area contributed by atoms with E-state index in [-0.39, 0.29) is 17.9 Å². The van der Waals surface area contributed by atoms with Crippen LogP contribution in [-0.2, 0) is 13.7 Å². The molecule has 2 aromatic rings. The Balaban J connectivity index is 2.16. The van der Waals surface area contributed by atoms with Gasteiger partial charge in [-0.1, -0.05) is 0 Å². The minimum Gasteiger partial charge on any atom is -0.485 e. The second kappa shape index (κ2) is 4.78. The van der Waals surface area contributed by atoms with Crippen molar-refractivity contribution in [2.24, 2.45) is 7.05 Å². The van der Waals surface area contributed by atoms with Crippen LogP contribution in [-0.4, -0.2) is 31.3 Å². The average Bonchev–Trinajstić information content (AvgIpc) is 2.73. The minimum atomic E-state index is -1.27. The molecule has 0 saturated carbocycles. The molecule has 0 aliphatic heterocycles. The number of aromatic carboxylic acids is 1. The van der Waals surface area contributed by atoms with Crippen molar-refractivity contribution in [2.75, 3.05) is 0 Å². The summed E-state index contributed by atoms with van der Waals surface area (Å²) in [4.78, 5) is 12.1. The summed E-state index contributed by atoms with van der Waals surface area (Å²) in [6.07, 6.45) is 0. The summed E-state index contributed by atoms with van der Waals surface area (Å²) >= 11 is 0. The molecule has 94 valence electrons. The van der Waals surface area contributed by atoms with E-state index in [1.54, 1.807) is 7.05 Å². The van der Waals surface area contributed by atoms with Crippen molar-refractivity contribution in [1.82, 2.24) is 20.2 Å². The molecule has 0 bridgehead atoms. The van der Waals surface area contributed by atoms with Crippen LogP contribution in [0.1, 0.15) is 16.2 Å². The first-order chi connectivity index (χ1) is 8.56. The smallest absolute Gasteiger partial charge is 0.339 e. The third-order valence-electron chi connectivity index (χ3n) is 2.08. The Bertz CT molecular complexity index is 584. The molecular formula is C10H9FN4O3. The molecule has 0 atom stereocenters. The van der Waals surface area contributed by atoms with Gasteiger partial charge in [-0.2, -0.15) is 4.80 Å². The molecule has 0 saturated heterocycles. The van der Waals surface area contributed by atoms with Gasteiger partial charge in [0.2, 0.25) is 5.82 Å². The van der Waals surface area contributed by atoms with Crippen molar-refractivity contribution in [3.05, 3.63) is 35.4 Å². The SMILES string of the molecule is Cn1nnc(COc2ccc(F)cc2C(=O)O)n1. The molecule has 2 rings (SSSR count). The lowest BCUT2D eigenvalue weighted by Gasteiger charge is -2.06. The van der Waals surface area contributed by atoms with E-state index in [2.05, 4.69) is 15.4 Å². The quantitative estimate of drug-likeness (QED) is 0.858. The molecule has 1 heterocycles. The zero-order chi connectivity index (χ0) is 13.1. The standard InChI is InChI=1S/C10H9FN4O3/c1-15-13-9(12-14-15)5-18-8-3-2-6(11)4-7(8)10(16)17/h2-4H,5H2,1H3,(H,16,17). The van der Waals surface area contributed by atoms with E-state index in [1.165, 1.54) is 10.9 Å². The van der Waals surface area contributed by atoms with E-state index < -0.39 is 11.8 Å². The van der Waals surface area contributed by atoms with Gasteiger partial charge < -0.3 is 9.84 Å². The van der Waals surface area contributed by atoms with E-state index >= 15 is 0 Å². The molecule has 0 aliphatic rings. The number of benzene rings is 1. The van der Waals surface area contributed by atoms with Gasteiger partial charge >= 0.3 is 5.97 Å². The Morgan fingerprint density at radius 1 is 1.56 bits per heavy atom. The maximum Gasteiger partial charge on any atom is 0.339 e. The summed E-state index contributed by atoms with van der Waals surface area (Å²) in [7, 11) is 1.59. The number of carbonyl (C=O) groups is 1. The van der Waals surface area contributed by atoms with Crippen molar-refractivity contribution < 1.29 is 19.0 Å². The normalized spacial score (nSPS) is 10.3. The monoisotopic (exact) mass is 252 g/mol.